The predicted molar refractivity (Wildman–Crippen MR) is 48.3 cm³/mol. The van der Waals surface area contributed by atoms with E-state index in [2.05, 4.69) is 9.72 Å². The lowest BCUT2D eigenvalue weighted by Gasteiger charge is -2.01. The minimum atomic E-state index is -0.369. The molecule has 0 aromatic carbocycles. The number of carbonyl (C=O) groups is 1. The van der Waals surface area contributed by atoms with Crippen molar-refractivity contribution in [1.29, 1.82) is 0 Å². The fourth-order valence-electron chi connectivity index (χ4n) is 1.02. The number of nitrogens with zero attached hydrogens (tertiary/aromatic N) is 1. The van der Waals surface area contributed by atoms with Gasteiger partial charge < -0.3 is 10.5 Å². The second-order valence-electron chi connectivity index (χ2n) is 2.61. The molecule has 4 nitrogen and oxygen atoms in total. The second-order valence-corrected chi connectivity index (χ2v) is 2.61. The number of pyridine rings is 1. The Morgan fingerprint density at radius 3 is 3.00 bits per heavy atom. The topological polar surface area (TPSA) is 65.2 Å². The van der Waals surface area contributed by atoms with Gasteiger partial charge in [0.05, 0.1) is 12.7 Å². The summed E-state index contributed by atoms with van der Waals surface area (Å²) in [4.78, 5) is 15.0. The van der Waals surface area contributed by atoms with E-state index in [0.717, 1.165) is 12.0 Å². The number of esters is 1. The summed E-state index contributed by atoms with van der Waals surface area (Å²) in [7, 11) is 1.35. The number of rotatable bonds is 3. The molecule has 0 bridgehead atoms. The van der Waals surface area contributed by atoms with Crippen molar-refractivity contribution >= 4 is 5.97 Å². The molecule has 0 amide bonds. The number of hydrogen-bond donors (Lipinski definition) is 1. The first kappa shape index (κ1) is 9.67. The lowest BCUT2D eigenvalue weighted by atomic mass is 10.1. The van der Waals surface area contributed by atoms with E-state index in [4.69, 9.17) is 5.73 Å². The minimum Gasteiger partial charge on any atom is -0.465 e. The van der Waals surface area contributed by atoms with Crippen LogP contribution in [0.25, 0.3) is 0 Å². The van der Waals surface area contributed by atoms with Crippen LogP contribution < -0.4 is 5.73 Å². The average Bonchev–Trinajstić information content (AvgIpc) is 2.18. The highest BCUT2D eigenvalue weighted by Gasteiger charge is 2.05. The van der Waals surface area contributed by atoms with Crippen molar-refractivity contribution in [3.8, 4) is 0 Å². The van der Waals surface area contributed by atoms with E-state index < -0.39 is 0 Å². The van der Waals surface area contributed by atoms with E-state index in [0.29, 0.717) is 12.1 Å². The Balaban J connectivity index is 2.85. The maximum atomic E-state index is 11.1. The van der Waals surface area contributed by atoms with Crippen LogP contribution in [0.1, 0.15) is 15.9 Å². The zero-order valence-electron chi connectivity index (χ0n) is 7.49. The van der Waals surface area contributed by atoms with Crippen LogP contribution in [0.2, 0.25) is 0 Å². The van der Waals surface area contributed by atoms with Crippen molar-refractivity contribution in [2.24, 2.45) is 5.73 Å². The summed E-state index contributed by atoms with van der Waals surface area (Å²) in [6.07, 6.45) is 3.89. The van der Waals surface area contributed by atoms with E-state index in [9.17, 15) is 4.79 Å². The standard InChI is InChI=1S/C9H12N2O2/c1-13-9(12)8-4-7(2-3-10)5-11-6-8/h4-6H,2-3,10H2,1H3. The summed E-state index contributed by atoms with van der Waals surface area (Å²) in [6, 6.07) is 1.74. The van der Waals surface area contributed by atoms with Crippen molar-refractivity contribution in [3.63, 3.8) is 0 Å². The van der Waals surface area contributed by atoms with Gasteiger partial charge >= 0.3 is 5.97 Å². The van der Waals surface area contributed by atoms with Crippen LogP contribution in [0.5, 0.6) is 0 Å². The third-order valence-corrected chi connectivity index (χ3v) is 1.65. The molecule has 0 aliphatic heterocycles. The molecule has 0 radical (unpaired) electrons. The summed E-state index contributed by atoms with van der Waals surface area (Å²) in [5.74, 6) is -0.369. The van der Waals surface area contributed by atoms with E-state index >= 15 is 0 Å². The zero-order valence-corrected chi connectivity index (χ0v) is 7.49. The molecule has 0 atom stereocenters. The van der Waals surface area contributed by atoms with Gasteiger partial charge in [0, 0.05) is 12.4 Å². The fourth-order valence-corrected chi connectivity index (χ4v) is 1.02. The van der Waals surface area contributed by atoms with Gasteiger partial charge in [0.2, 0.25) is 0 Å². The molecule has 13 heavy (non-hydrogen) atoms. The molecule has 4 heteroatoms. The van der Waals surface area contributed by atoms with Gasteiger partial charge in [-0.05, 0) is 24.6 Å². The third kappa shape index (κ3) is 2.52. The summed E-state index contributed by atoms with van der Waals surface area (Å²) >= 11 is 0. The monoisotopic (exact) mass is 180 g/mol. The smallest absolute Gasteiger partial charge is 0.339 e. The summed E-state index contributed by atoms with van der Waals surface area (Å²) in [5, 5.41) is 0. The molecule has 1 aromatic rings. The number of hydrogen-bond acceptors (Lipinski definition) is 4. The van der Waals surface area contributed by atoms with Crippen molar-refractivity contribution in [3.05, 3.63) is 29.6 Å². The first-order valence-electron chi connectivity index (χ1n) is 4.00. The molecule has 0 aliphatic carbocycles. The largest absolute Gasteiger partial charge is 0.465 e. The van der Waals surface area contributed by atoms with Crippen LogP contribution in [0.4, 0.5) is 0 Å². The lowest BCUT2D eigenvalue weighted by molar-refractivity contribution is 0.0600. The van der Waals surface area contributed by atoms with Crippen LogP contribution >= 0.6 is 0 Å². The van der Waals surface area contributed by atoms with Gasteiger partial charge in [-0.2, -0.15) is 0 Å². The number of aromatic nitrogens is 1. The Bertz CT molecular complexity index is 299. The zero-order chi connectivity index (χ0) is 9.68. The molecule has 1 heterocycles. The van der Waals surface area contributed by atoms with Crippen LogP contribution in [0.3, 0.4) is 0 Å². The Morgan fingerprint density at radius 1 is 1.62 bits per heavy atom. The first-order chi connectivity index (χ1) is 6.27. The molecule has 0 unspecified atom stereocenters. The van der Waals surface area contributed by atoms with E-state index in [1.165, 1.54) is 13.3 Å². The third-order valence-electron chi connectivity index (χ3n) is 1.65. The number of methoxy groups -OCH3 is 1. The van der Waals surface area contributed by atoms with Crippen LogP contribution in [-0.4, -0.2) is 24.6 Å². The highest BCUT2D eigenvalue weighted by Crippen LogP contribution is 2.04. The van der Waals surface area contributed by atoms with Crippen molar-refractivity contribution in [2.75, 3.05) is 13.7 Å². The van der Waals surface area contributed by atoms with Crippen molar-refractivity contribution in [1.82, 2.24) is 4.98 Å². The predicted octanol–water partition coefficient (Wildman–Crippen LogP) is 0.369. The Kier molecular flexibility index (Phi) is 3.40. The molecule has 1 rings (SSSR count). The summed E-state index contributed by atoms with van der Waals surface area (Å²) < 4.78 is 4.56. The van der Waals surface area contributed by atoms with Gasteiger partial charge in [-0.3, -0.25) is 4.98 Å². The van der Waals surface area contributed by atoms with E-state index in [-0.39, 0.29) is 5.97 Å². The molecule has 70 valence electrons. The Morgan fingerprint density at radius 2 is 2.38 bits per heavy atom. The number of nitrogens with two attached hydrogens (primary N) is 1. The first-order valence-corrected chi connectivity index (χ1v) is 4.00. The highest BCUT2D eigenvalue weighted by molar-refractivity contribution is 5.89. The normalized spacial score (nSPS) is 9.69. The van der Waals surface area contributed by atoms with Crippen LogP contribution in [0.15, 0.2) is 18.5 Å². The average molecular weight is 180 g/mol. The summed E-state index contributed by atoms with van der Waals surface area (Å²) in [5.41, 5.74) is 6.79. The van der Waals surface area contributed by atoms with Gasteiger partial charge in [-0.1, -0.05) is 0 Å². The maximum Gasteiger partial charge on any atom is 0.339 e. The quantitative estimate of drug-likeness (QED) is 0.682. The molecule has 1 aromatic heterocycles. The Labute approximate surface area is 76.7 Å². The van der Waals surface area contributed by atoms with Gasteiger partial charge in [0.25, 0.3) is 0 Å². The molecule has 0 fully saturated rings. The van der Waals surface area contributed by atoms with Gasteiger partial charge in [0.15, 0.2) is 0 Å². The van der Waals surface area contributed by atoms with Gasteiger partial charge in [0.1, 0.15) is 0 Å². The Hall–Kier alpha value is -1.42. The molecular weight excluding hydrogens is 168 g/mol. The molecule has 0 aliphatic rings. The van der Waals surface area contributed by atoms with Gasteiger partial charge in [-0.15, -0.1) is 0 Å². The minimum absolute atomic E-state index is 0.369. The fraction of sp³-hybridized carbons (Fsp3) is 0.333. The SMILES string of the molecule is COC(=O)c1cncc(CCN)c1. The number of carbonyl (C=O) groups excluding carboxylic acids is 1. The summed E-state index contributed by atoms with van der Waals surface area (Å²) in [6.45, 7) is 0.548. The molecule has 0 spiro atoms. The van der Waals surface area contributed by atoms with Crippen molar-refractivity contribution < 1.29 is 9.53 Å². The maximum absolute atomic E-state index is 11.1. The van der Waals surface area contributed by atoms with Crippen LogP contribution in [0, 0.1) is 0 Å². The van der Waals surface area contributed by atoms with Gasteiger partial charge in [-0.25, -0.2) is 4.79 Å². The van der Waals surface area contributed by atoms with E-state index in [1.807, 2.05) is 0 Å². The van der Waals surface area contributed by atoms with Crippen LogP contribution in [-0.2, 0) is 11.2 Å². The number of ether oxygens (including phenoxy) is 1. The molecular formula is C9H12N2O2. The molecule has 0 saturated carbocycles. The molecule has 2 N–H and O–H groups in total. The second kappa shape index (κ2) is 4.57. The highest BCUT2D eigenvalue weighted by atomic mass is 16.5. The molecule has 0 saturated heterocycles. The van der Waals surface area contributed by atoms with Crippen molar-refractivity contribution in [2.45, 2.75) is 6.42 Å². The van der Waals surface area contributed by atoms with E-state index in [1.54, 1.807) is 12.3 Å². The lowest BCUT2D eigenvalue weighted by Crippen LogP contribution is -2.06.